The molecule has 1 aromatic carbocycles. The molecule has 0 aliphatic rings. The van der Waals surface area contributed by atoms with Crippen LogP contribution in [0.25, 0.3) is 0 Å². The van der Waals surface area contributed by atoms with Crippen molar-refractivity contribution < 1.29 is 9.47 Å². The number of pyridine rings is 1. The van der Waals surface area contributed by atoms with Gasteiger partial charge in [-0.15, -0.1) is 0 Å². The number of methoxy groups -OCH3 is 1. The molecule has 0 radical (unpaired) electrons. The molecule has 1 aromatic heterocycles. The highest BCUT2D eigenvalue weighted by molar-refractivity contribution is 6.32. The van der Waals surface area contributed by atoms with Crippen molar-refractivity contribution in [1.82, 2.24) is 4.98 Å². The minimum absolute atomic E-state index is 0.320. The molecule has 1 heterocycles. The summed E-state index contributed by atoms with van der Waals surface area (Å²) in [5.74, 6) is 1.42. The van der Waals surface area contributed by atoms with E-state index in [-0.39, 0.29) is 0 Å². The minimum Gasteiger partial charge on any atom is -0.481 e. The second-order valence-corrected chi connectivity index (χ2v) is 4.60. The number of aryl methyl sites for hydroxylation is 2. The van der Waals surface area contributed by atoms with Gasteiger partial charge in [0, 0.05) is 11.1 Å². The van der Waals surface area contributed by atoms with E-state index < -0.39 is 0 Å². The molecule has 5 heteroatoms. The summed E-state index contributed by atoms with van der Waals surface area (Å²) >= 11 is 6.12. The zero-order valence-electron chi connectivity index (χ0n) is 11.0. The zero-order chi connectivity index (χ0) is 14.0. The Kier molecular flexibility index (Phi) is 3.81. The lowest BCUT2D eigenvalue weighted by Crippen LogP contribution is -1.97. The molecule has 0 spiro atoms. The smallest absolute Gasteiger partial charge is 0.246 e. The van der Waals surface area contributed by atoms with Crippen LogP contribution in [0.4, 0.5) is 5.69 Å². The number of ether oxygens (including phenoxy) is 2. The van der Waals surface area contributed by atoms with Crippen molar-refractivity contribution in [2.45, 2.75) is 13.8 Å². The van der Waals surface area contributed by atoms with Crippen LogP contribution in [-0.2, 0) is 0 Å². The maximum Gasteiger partial charge on any atom is 0.246 e. The highest BCUT2D eigenvalue weighted by Gasteiger charge is 2.09. The first-order valence-electron chi connectivity index (χ1n) is 5.76. The third kappa shape index (κ3) is 2.90. The van der Waals surface area contributed by atoms with E-state index in [4.69, 9.17) is 26.8 Å². The van der Waals surface area contributed by atoms with Crippen molar-refractivity contribution >= 4 is 17.3 Å². The average molecular weight is 279 g/mol. The van der Waals surface area contributed by atoms with Crippen molar-refractivity contribution in [2.24, 2.45) is 0 Å². The molecule has 0 aliphatic heterocycles. The van der Waals surface area contributed by atoms with Gasteiger partial charge in [-0.2, -0.15) is 4.98 Å². The number of hydrogen-bond acceptors (Lipinski definition) is 4. The van der Waals surface area contributed by atoms with E-state index in [2.05, 4.69) is 4.98 Å². The van der Waals surface area contributed by atoms with Gasteiger partial charge < -0.3 is 15.2 Å². The maximum absolute atomic E-state index is 6.12. The molecule has 0 fully saturated rings. The Morgan fingerprint density at radius 2 is 1.79 bits per heavy atom. The van der Waals surface area contributed by atoms with Crippen LogP contribution in [0.5, 0.6) is 17.5 Å². The molecule has 0 bridgehead atoms. The SMILES string of the molecule is COc1ccc(N)c(Oc2cc(C)c(Cl)c(C)c2)n1. The lowest BCUT2D eigenvalue weighted by atomic mass is 10.1. The molecular formula is C14H15ClN2O2. The molecule has 0 unspecified atom stereocenters. The molecule has 2 rings (SSSR count). The Bertz CT molecular complexity index is 591. The summed E-state index contributed by atoms with van der Waals surface area (Å²) in [5.41, 5.74) is 8.16. The normalized spacial score (nSPS) is 10.3. The fourth-order valence-corrected chi connectivity index (χ4v) is 1.82. The van der Waals surface area contributed by atoms with Gasteiger partial charge in [-0.25, -0.2) is 0 Å². The van der Waals surface area contributed by atoms with Crippen molar-refractivity contribution in [1.29, 1.82) is 0 Å². The van der Waals surface area contributed by atoms with Crippen LogP contribution >= 0.6 is 11.6 Å². The third-order valence-electron chi connectivity index (χ3n) is 2.70. The van der Waals surface area contributed by atoms with Crippen LogP contribution in [-0.4, -0.2) is 12.1 Å². The minimum atomic E-state index is 0.320. The Labute approximate surface area is 117 Å². The Balaban J connectivity index is 2.36. The van der Waals surface area contributed by atoms with Gasteiger partial charge in [0.05, 0.1) is 12.8 Å². The molecular weight excluding hydrogens is 264 g/mol. The predicted molar refractivity (Wildman–Crippen MR) is 76.2 cm³/mol. The lowest BCUT2D eigenvalue weighted by molar-refractivity contribution is 0.384. The molecule has 100 valence electrons. The maximum atomic E-state index is 6.12. The molecule has 2 aromatic rings. The van der Waals surface area contributed by atoms with Gasteiger partial charge in [0.25, 0.3) is 0 Å². The summed E-state index contributed by atoms with van der Waals surface area (Å²) in [6, 6.07) is 7.06. The van der Waals surface area contributed by atoms with Gasteiger partial charge >= 0.3 is 0 Å². The van der Waals surface area contributed by atoms with Crippen molar-refractivity contribution in [3.8, 4) is 17.5 Å². The number of nitrogen functional groups attached to an aromatic ring is 1. The molecule has 0 saturated heterocycles. The van der Waals surface area contributed by atoms with E-state index in [0.29, 0.717) is 23.2 Å². The summed E-state index contributed by atoms with van der Waals surface area (Å²) in [7, 11) is 1.54. The highest BCUT2D eigenvalue weighted by atomic mass is 35.5. The van der Waals surface area contributed by atoms with Crippen molar-refractivity contribution in [3.63, 3.8) is 0 Å². The monoisotopic (exact) mass is 278 g/mol. The molecule has 0 aliphatic carbocycles. The fraction of sp³-hybridized carbons (Fsp3) is 0.214. The van der Waals surface area contributed by atoms with Gasteiger partial charge in [0.2, 0.25) is 11.8 Å². The Hall–Kier alpha value is -1.94. The first-order valence-corrected chi connectivity index (χ1v) is 6.14. The number of hydrogen-bond donors (Lipinski definition) is 1. The van der Waals surface area contributed by atoms with Crippen molar-refractivity contribution in [2.75, 3.05) is 12.8 Å². The van der Waals surface area contributed by atoms with E-state index in [9.17, 15) is 0 Å². The number of rotatable bonds is 3. The summed E-state index contributed by atoms with van der Waals surface area (Å²) in [5, 5.41) is 0.735. The fourth-order valence-electron chi connectivity index (χ4n) is 1.71. The summed E-state index contributed by atoms with van der Waals surface area (Å²) in [4.78, 5) is 4.17. The average Bonchev–Trinajstić information content (AvgIpc) is 2.38. The number of anilines is 1. The third-order valence-corrected chi connectivity index (χ3v) is 3.29. The molecule has 0 amide bonds. The molecule has 0 saturated carbocycles. The van der Waals surface area contributed by atoms with Gasteiger partial charge in [-0.3, -0.25) is 0 Å². The van der Waals surface area contributed by atoms with Crippen LogP contribution in [0.15, 0.2) is 24.3 Å². The van der Waals surface area contributed by atoms with Crippen molar-refractivity contribution in [3.05, 3.63) is 40.4 Å². The number of nitrogens with zero attached hydrogens (tertiary/aromatic N) is 1. The van der Waals surface area contributed by atoms with Gasteiger partial charge in [0.15, 0.2) is 0 Å². The van der Waals surface area contributed by atoms with Crippen LogP contribution in [0, 0.1) is 13.8 Å². The van der Waals surface area contributed by atoms with E-state index in [1.54, 1.807) is 19.2 Å². The quantitative estimate of drug-likeness (QED) is 0.929. The lowest BCUT2D eigenvalue weighted by Gasteiger charge is -2.11. The van der Waals surface area contributed by atoms with Gasteiger partial charge in [-0.1, -0.05) is 11.6 Å². The number of aromatic nitrogens is 1. The first-order chi connectivity index (χ1) is 9.01. The standard InChI is InChI=1S/C14H15ClN2O2/c1-8-6-10(7-9(2)13(8)15)19-14-11(16)4-5-12(17-14)18-3/h4-7H,16H2,1-3H3. The van der Waals surface area contributed by atoms with Crippen LogP contribution in [0.3, 0.4) is 0 Å². The van der Waals surface area contributed by atoms with Crippen LogP contribution < -0.4 is 15.2 Å². The van der Waals surface area contributed by atoms with Crippen LogP contribution in [0.2, 0.25) is 5.02 Å². The van der Waals surface area contributed by atoms with E-state index >= 15 is 0 Å². The zero-order valence-corrected chi connectivity index (χ0v) is 11.8. The molecule has 0 atom stereocenters. The Morgan fingerprint density at radius 1 is 1.16 bits per heavy atom. The second kappa shape index (κ2) is 5.36. The summed E-state index contributed by atoms with van der Waals surface area (Å²) in [6.07, 6.45) is 0. The number of nitrogens with two attached hydrogens (primary N) is 1. The topological polar surface area (TPSA) is 57.4 Å². The number of halogens is 1. The van der Waals surface area contributed by atoms with Gasteiger partial charge in [0.1, 0.15) is 5.75 Å². The molecule has 4 nitrogen and oxygen atoms in total. The van der Waals surface area contributed by atoms with E-state index in [0.717, 1.165) is 16.1 Å². The highest BCUT2D eigenvalue weighted by Crippen LogP contribution is 2.31. The summed E-state index contributed by atoms with van der Waals surface area (Å²) < 4.78 is 10.7. The first kappa shape index (κ1) is 13.5. The molecule has 19 heavy (non-hydrogen) atoms. The molecule has 2 N–H and O–H groups in total. The van der Waals surface area contributed by atoms with Crippen LogP contribution in [0.1, 0.15) is 11.1 Å². The number of benzene rings is 1. The Morgan fingerprint density at radius 3 is 2.37 bits per heavy atom. The second-order valence-electron chi connectivity index (χ2n) is 4.22. The van der Waals surface area contributed by atoms with E-state index in [1.807, 2.05) is 26.0 Å². The van der Waals surface area contributed by atoms with E-state index in [1.165, 1.54) is 0 Å². The van der Waals surface area contributed by atoms with Gasteiger partial charge in [-0.05, 0) is 43.2 Å². The predicted octanol–water partition coefficient (Wildman–Crippen LogP) is 3.73. The largest absolute Gasteiger partial charge is 0.481 e. The summed E-state index contributed by atoms with van der Waals surface area (Å²) in [6.45, 7) is 3.84.